The highest BCUT2D eigenvalue weighted by Gasteiger charge is 2.49. The van der Waals surface area contributed by atoms with Crippen molar-refractivity contribution in [3.63, 3.8) is 0 Å². The molecule has 3 heterocycles. The SMILES string of the molecule is COc1ccc(COC(=O)C2=C(CCl)C(NC(=O)/C(=N\OC(C)(C)C(=O)OC(C)(C)C)c3nsc(N)n3)SC3CC(=O)N23)cc1. The van der Waals surface area contributed by atoms with Crippen LogP contribution in [0.4, 0.5) is 5.13 Å². The molecule has 2 atom stereocenters. The molecule has 2 amide bonds. The second-order valence-corrected chi connectivity index (χ2v) is 13.7. The number of amides is 2. The molecule has 1 aromatic carbocycles. The van der Waals surface area contributed by atoms with Crippen LogP contribution in [0.25, 0.3) is 0 Å². The standard InChI is InChI=1S/C28H33ClN6O8S2/c1-27(2,3)42-25(39)28(4,5)43-33-19(21-31-26(30)45-34-21)22(37)32-23-16(12-29)20(35-17(36)11-18(35)44-23)24(38)41-13-14-7-9-15(40-6)10-8-14/h7-10,18,23H,11-13H2,1-6H3,(H,32,37)(H2,30,31,34)/b33-19-. The molecule has 4 rings (SSSR count). The number of carbonyl (C=O) groups excluding carboxylic acids is 4. The third-order valence-electron chi connectivity index (χ3n) is 6.31. The number of β-lactam (4-membered cyclic amide) rings is 1. The zero-order valence-electron chi connectivity index (χ0n) is 25.4. The number of anilines is 1. The van der Waals surface area contributed by atoms with Gasteiger partial charge in [0.1, 0.15) is 29.0 Å². The van der Waals surface area contributed by atoms with Crippen LogP contribution in [0.3, 0.4) is 0 Å². The van der Waals surface area contributed by atoms with Crippen molar-refractivity contribution in [3.8, 4) is 5.75 Å². The number of carbonyl (C=O) groups is 4. The van der Waals surface area contributed by atoms with E-state index in [4.69, 9.17) is 36.4 Å². The Kier molecular flexibility index (Phi) is 10.3. The number of nitrogens with one attached hydrogen (secondary N) is 1. The molecule has 1 saturated heterocycles. The molecule has 45 heavy (non-hydrogen) atoms. The third kappa shape index (κ3) is 8.04. The molecular weight excluding hydrogens is 648 g/mol. The molecule has 17 heteroatoms. The van der Waals surface area contributed by atoms with Crippen molar-refractivity contribution in [2.75, 3.05) is 18.7 Å². The maximum atomic E-state index is 13.7. The largest absolute Gasteiger partial charge is 0.497 e. The molecule has 0 bridgehead atoms. The number of nitrogens with two attached hydrogens (primary N) is 1. The number of methoxy groups -OCH3 is 1. The van der Waals surface area contributed by atoms with Crippen molar-refractivity contribution in [3.05, 3.63) is 46.9 Å². The van der Waals surface area contributed by atoms with Gasteiger partial charge in [0, 0.05) is 23.0 Å². The van der Waals surface area contributed by atoms with Crippen molar-refractivity contribution >= 4 is 69.5 Å². The van der Waals surface area contributed by atoms with E-state index in [2.05, 4.69) is 19.8 Å². The van der Waals surface area contributed by atoms with Crippen molar-refractivity contribution in [1.29, 1.82) is 0 Å². The van der Waals surface area contributed by atoms with Crippen LogP contribution in [0.1, 0.15) is 52.4 Å². The predicted molar refractivity (Wildman–Crippen MR) is 167 cm³/mol. The number of ether oxygens (including phenoxy) is 3. The Morgan fingerprint density at radius 1 is 1.18 bits per heavy atom. The molecule has 1 aromatic heterocycles. The molecule has 2 aromatic rings. The van der Waals surface area contributed by atoms with Crippen molar-refractivity contribution in [2.45, 2.75) is 69.6 Å². The second-order valence-electron chi connectivity index (χ2n) is 11.3. The number of benzene rings is 1. The number of alkyl halides is 1. The second kappa shape index (κ2) is 13.6. The summed E-state index contributed by atoms with van der Waals surface area (Å²) in [7, 11) is 1.54. The van der Waals surface area contributed by atoms with Crippen LogP contribution in [0.15, 0.2) is 40.7 Å². The van der Waals surface area contributed by atoms with E-state index in [0.29, 0.717) is 11.3 Å². The molecule has 0 spiro atoms. The maximum absolute atomic E-state index is 13.7. The van der Waals surface area contributed by atoms with E-state index in [0.717, 1.165) is 11.5 Å². The minimum absolute atomic E-state index is 0.0411. The summed E-state index contributed by atoms with van der Waals surface area (Å²) in [5.74, 6) is -2.29. The van der Waals surface area contributed by atoms with E-state index < -0.39 is 39.8 Å². The summed E-state index contributed by atoms with van der Waals surface area (Å²) in [5.41, 5.74) is 3.89. The number of rotatable bonds is 11. The van der Waals surface area contributed by atoms with Crippen LogP contribution in [0.5, 0.6) is 5.75 Å². The van der Waals surface area contributed by atoms with Gasteiger partial charge in [-0.2, -0.15) is 9.36 Å². The molecule has 14 nitrogen and oxygen atoms in total. The Hall–Kier alpha value is -3.89. The minimum Gasteiger partial charge on any atom is -0.497 e. The number of aromatic nitrogens is 2. The lowest BCUT2D eigenvalue weighted by Crippen LogP contribution is -2.58. The van der Waals surface area contributed by atoms with E-state index >= 15 is 0 Å². The predicted octanol–water partition coefficient (Wildman–Crippen LogP) is 2.95. The van der Waals surface area contributed by atoms with E-state index in [1.807, 2.05) is 0 Å². The summed E-state index contributed by atoms with van der Waals surface area (Å²) >= 11 is 8.36. The van der Waals surface area contributed by atoms with Gasteiger partial charge in [-0.05, 0) is 52.3 Å². The number of halogens is 1. The Labute approximate surface area is 272 Å². The van der Waals surface area contributed by atoms with Gasteiger partial charge in [0.15, 0.2) is 5.13 Å². The van der Waals surface area contributed by atoms with Crippen molar-refractivity contribution in [1.82, 2.24) is 19.6 Å². The monoisotopic (exact) mass is 680 g/mol. The first kappa shape index (κ1) is 34.0. The minimum atomic E-state index is -1.59. The summed E-state index contributed by atoms with van der Waals surface area (Å²) in [6.07, 6.45) is 0.139. The molecule has 242 valence electrons. The number of fused-ring (bicyclic) bond motifs is 1. The first-order valence-electron chi connectivity index (χ1n) is 13.6. The van der Waals surface area contributed by atoms with E-state index in [1.165, 1.54) is 30.5 Å². The van der Waals surface area contributed by atoms with Crippen LogP contribution in [0, 0.1) is 0 Å². The fourth-order valence-corrected chi connectivity index (χ4v) is 6.25. The third-order valence-corrected chi connectivity index (χ3v) is 8.51. The Morgan fingerprint density at radius 3 is 2.42 bits per heavy atom. The van der Waals surface area contributed by atoms with Gasteiger partial charge >= 0.3 is 11.9 Å². The van der Waals surface area contributed by atoms with Gasteiger partial charge in [0.05, 0.1) is 18.9 Å². The quantitative estimate of drug-likeness (QED) is 0.116. The maximum Gasteiger partial charge on any atom is 0.355 e. The van der Waals surface area contributed by atoms with E-state index in [9.17, 15) is 19.2 Å². The zero-order chi connectivity index (χ0) is 33.1. The number of oxime groups is 1. The van der Waals surface area contributed by atoms with E-state index in [-0.39, 0.29) is 52.8 Å². The molecule has 1 fully saturated rings. The average molecular weight is 681 g/mol. The molecule has 2 aliphatic rings. The normalized spacial score (nSPS) is 18.5. The Balaban J connectivity index is 1.59. The van der Waals surface area contributed by atoms with Gasteiger partial charge in [-0.15, -0.1) is 23.4 Å². The van der Waals surface area contributed by atoms with Gasteiger partial charge in [-0.25, -0.2) is 9.59 Å². The summed E-state index contributed by atoms with van der Waals surface area (Å²) in [6.45, 7) is 7.90. The van der Waals surface area contributed by atoms with Crippen molar-refractivity contribution < 1.29 is 38.2 Å². The fraction of sp³-hybridized carbons (Fsp3) is 0.464. The highest BCUT2D eigenvalue weighted by molar-refractivity contribution is 8.00. The van der Waals surface area contributed by atoms with Crippen LogP contribution < -0.4 is 15.8 Å². The van der Waals surface area contributed by atoms with Crippen LogP contribution in [0.2, 0.25) is 0 Å². The highest BCUT2D eigenvalue weighted by Crippen LogP contribution is 2.44. The van der Waals surface area contributed by atoms with Gasteiger partial charge < -0.3 is 30.1 Å². The molecular formula is C28H33ClN6O8S2. The number of nitrogen functional groups attached to an aromatic ring is 1. The summed E-state index contributed by atoms with van der Waals surface area (Å²) in [4.78, 5) is 63.2. The summed E-state index contributed by atoms with van der Waals surface area (Å²) < 4.78 is 20.2. The smallest absolute Gasteiger partial charge is 0.355 e. The lowest BCUT2D eigenvalue weighted by molar-refractivity contribution is -0.179. The molecule has 2 aliphatic heterocycles. The number of esters is 2. The highest BCUT2D eigenvalue weighted by atomic mass is 35.5. The number of hydrogen-bond donors (Lipinski definition) is 2. The number of hydrogen-bond acceptors (Lipinski definition) is 14. The Bertz CT molecular complexity index is 1540. The fourth-order valence-electron chi connectivity index (χ4n) is 4.01. The molecule has 2 unspecified atom stereocenters. The van der Waals surface area contributed by atoms with Crippen molar-refractivity contribution in [2.24, 2.45) is 5.16 Å². The number of nitrogens with zero attached hydrogens (tertiary/aromatic N) is 4. The summed E-state index contributed by atoms with van der Waals surface area (Å²) in [5, 5.41) is 5.47. The Morgan fingerprint density at radius 2 is 1.87 bits per heavy atom. The lowest BCUT2D eigenvalue weighted by Gasteiger charge is -2.46. The van der Waals surface area contributed by atoms with Gasteiger partial charge in [0.2, 0.25) is 23.0 Å². The van der Waals surface area contributed by atoms with Crippen LogP contribution in [-0.2, 0) is 40.1 Å². The molecule has 0 aliphatic carbocycles. The van der Waals surface area contributed by atoms with Gasteiger partial charge in [0.25, 0.3) is 5.91 Å². The van der Waals surface area contributed by atoms with Gasteiger partial charge in [-0.1, -0.05) is 17.3 Å². The number of thioether (sulfide) groups is 1. The molecule has 0 saturated carbocycles. The molecule has 3 N–H and O–H groups in total. The zero-order valence-corrected chi connectivity index (χ0v) is 27.8. The van der Waals surface area contributed by atoms with E-state index in [1.54, 1.807) is 52.1 Å². The lowest BCUT2D eigenvalue weighted by atomic mass is 10.1. The first-order valence-corrected chi connectivity index (χ1v) is 15.8. The van der Waals surface area contributed by atoms with Crippen LogP contribution >= 0.6 is 34.9 Å². The van der Waals surface area contributed by atoms with Crippen LogP contribution in [-0.4, -0.2) is 78.7 Å². The topological polar surface area (TPSA) is 185 Å². The van der Waals surface area contributed by atoms with Gasteiger partial charge in [-0.3, -0.25) is 14.5 Å². The average Bonchev–Trinajstić information content (AvgIpc) is 3.40. The first-order chi connectivity index (χ1) is 21.1. The molecule has 0 radical (unpaired) electrons. The summed E-state index contributed by atoms with van der Waals surface area (Å²) in [6, 6.07) is 6.94.